The van der Waals surface area contributed by atoms with E-state index in [0.29, 0.717) is 6.61 Å². The van der Waals surface area contributed by atoms with E-state index >= 15 is 0 Å². The van der Waals surface area contributed by atoms with Gasteiger partial charge < -0.3 is 14.2 Å². The molecule has 0 N–H and O–H groups in total. The van der Waals surface area contributed by atoms with Crippen molar-refractivity contribution in [1.82, 2.24) is 0 Å². The zero-order valence-electron chi connectivity index (χ0n) is 12.8. The molecule has 2 saturated heterocycles. The van der Waals surface area contributed by atoms with Crippen LogP contribution >= 0.6 is 11.8 Å². The molecule has 2 heterocycles. The number of rotatable bonds is 3. The van der Waals surface area contributed by atoms with Gasteiger partial charge in [0.1, 0.15) is 6.10 Å². The lowest BCUT2D eigenvalue weighted by Gasteiger charge is -2.47. The summed E-state index contributed by atoms with van der Waals surface area (Å²) in [6.45, 7) is 3.43. The molecule has 1 aromatic carbocycles. The molecule has 0 amide bonds. The minimum atomic E-state index is -0.236. The van der Waals surface area contributed by atoms with Crippen LogP contribution in [0.1, 0.15) is 26.2 Å². The molecule has 0 saturated carbocycles. The largest absolute Gasteiger partial charge is 0.460 e. The summed E-state index contributed by atoms with van der Waals surface area (Å²) < 4.78 is 17.1. The number of carbonyl (C=O) groups is 1. The van der Waals surface area contributed by atoms with Gasteiger partial charge in [0, 0.05) is 49.5 Å². The molecule has 0 unspecified atom stereocenters. The lowest BCUT2D eigenvalue weighted by molar-refractivity contribution is -0.179. The number of hydrogen-bond donors (Lipinski definition) is 0. The fraction of sp³-hybridized carbons (Fsp3) is 0.588. The molecule has 2 atom stereocenters. The molecule has 1 aromatic rings. The Balaban J connectivity index is 1.76. The Labute approximate surface area is 135 Å². The molecule has 0 aromatic heterocycles. The van der Waals surface area contributed by atoms with Crippen molar-refractivity contribution in [2.75, 3.05) is 19.8 Å². The third-order valence-corrected chi connectivity index (χ3v) is 5.76. The maximum Gasteiger partial charge on any atom is 0.302 e. The van der Waals surface area contributed by atoms with Crippen LogP contribution in [0.5, 0.6) is 0 Å². The third-order valence-electron chi connectivity index (χ3n) is 4.31. The second-order valence-electron chi connectivity index (χ2n) is 5.87. The summed E-state index contributed by atoms with van der Waals surface area (Å²) in [5.74, 6) is -0.236. The van der Waals surface area contributed by atoms with Gasteiger partial charge in [0.15, 0.2) is 0 Å². The highest BCUT2D eigenvalue weighted by atomic mass is 32.2. The van der Waals surface area contributed by atoms with E-state index in [-0.39, 0.29) is 22.9 Å². The van der Waals surface area contributed by atoms with Crippen molar-refractivity contribution in [3.8, 4) is 0 Å². The number of ether oxygens (including phenoxy) is 3. The number of benzene rings is 1. The Morgan fingerprint density at radius 1 is 1.27 bits per heavy atom. The summed E-state index contributed by atoms with van der Waals surface area (Å²) in [6.07, 6.45) is 2.50. The van der Waals surface area contributed by atoms with Crippen molar-refractivity contribution in [3.05, 3.63) is 30.3 Å². The van der Waals surface area contributed by atoms with Gasteiger partial charge in [0.05, 0.1) is 12.2 Å². The fourth-order valence-corrected chi connectivity index (χ4v) is 4.66. The minimum absolute atomic E-state index is 0.146. The van der Waals surface area contributed by atoms with E-state index in [2.05, 4.69) is 12.1 Å². The number of hydrogen-bond acceptors (Lipinski definition) is 5. The van der Waals surface area contributed by atoms with E-state index in [1.165, 1.54) is 11.8 Å². The maximum absolute atomic E-state index is 11.2. The topological polar surface area (TPSA) is 44.8 Å². The highest BCUT2D eigenvalue weighted by Gasteiger charge is 2.47. The fourth-order valence-electron chi connectivity index (χ4n) is 3.19. The van der Waals surface area contributed by atoms with Gasteiger partial charge >= 0.3 is 5.97 Å². The predicted molar refractivity (Wildman–Crippen MR) is 85.0 cm³/mol. The van der Waals surface area contributed by atoms with Crippen LogP contribution in [0.25, 0.3) is 0 Å². The van der Waals surface area contributed by atoms with E-state index in [1.807, 2.05) is 30.0 Å². The summed E-state index contributed by atoms with van der Waals surface area (Å²) >= 11 is 1.83. The molecule has 2 fully saturated rings. The van der Waals surface area contributed by atoms with Crippen LogP contribution in [0.15, 0.2) is 35.2 Å². The predicted octanol–water partition coefficient (Wildman–Crippen LogP) is 3.05. The molecule has 0 bridgehead atoms. The highest BCUT2D eigenvalue weighted by Crippen LogP contribution is 2.44. The van der Waals surface area contributed by atoms with Crippen LogP contribution in [-0.4, -0.2) is 42.7 Å². The average molecular weight is 322 g/mol. The van der Waals surface area contributed by atoms with E-state index in [4.69, 9.17) is 14.2 Å². The lowest BCUT2D eigenvalue weighted by atomic mass is 9.85. The number of carbonyl (C=O) groups excluding carboxylic acids is 1. The molecule has 2 aliphatic heterocycles. The Bertz CT molecular complexity index is 499. The van der Waals surface area contributed by atoms with Gasteiger partial charge in [-0.25, -0.2) is 0 Å². The van der Waals surface area contributed by atoms with Crippen LogP contribution in [0, 0.1) is 0 Å². The van der Waals surface area contributed by atoms with Gasteiger partial charge in [0.25, 0.3) is 0 Å². The summed E-state index contributed by atoms with van der Waals surface area (Å²) in [6, 6.07) is 10.4. The Morgan fingerprint density at radius 3 is 2.68 bits per heavy atom. The van der Waals surface area contributed by atoms with E-state index < -0.39 is 0 Å². The SMILES string of the molecule is CC(=O)O[C@H]1COC2(CCOCC2)[C@@H](Sc2ccccc2)C1. The number of esters is 1. The van der Waals surface area contributed by atoms with Crippen molar-refractivity contribution >= 4 is 17.7 Å². The third kappa shape index (κ3) is 3.65. The first-order valence-electron chi connectivity index (χ1n) is 7.79. The monoisotopic (exact) mass is 322 g/mol. The van der Waals surface area contributed by atoms with Crippen LogP contribution in [0.4, 0.5) is 0 Å². The van der Waals surface area contributed by atoms with Gasteiger partial charge in [-0.05, 0) is 12.1 Å². The molecule has 4 nitrogen and oxygen atoms in total. The van der Waals surface area contributed by atoms with E-state index in [9.17, 15) is 4.79 Å². The van der Waals surface area contributed by atoms with Gasteiger partial charge in [-0.1, -0.05) is 18.2 Å². The Kier molecular flexibility index (Phi) is 5.06. The van der Waals surface area contributed by atoms with Crippen molar-refractivity contribution < 1.29 is 19.0 Å². The van der Waals surface area contributed by atoms with Gasteiger partial charge in [-0.2, -0.15) is 0 Å². The second-order valence-corrected chi connectivity index (χ2v) is 7.15. The van der Waals surface area contributed by atoms with Crippen LogP contribution < -0.4 is 0 Å². The van der Waals surface area contributed by atoms with Crippen molar-refractivity contribution in [2.24, 2.45) is 0 Å². The van der Waals surface area contributed by atoms with Crippen LogP contribution in [0.2, 0.25) is 0 Å². The van der Waals surface area contributed by atoms with Crippen molar-refractivity contribution in [3.63, 3.8) is 0 Å². The summed E-state index contributed by atoms with van der Waals surface area (Å²) in [5.41, 5.74) is -0.157. The second kappa shape index (κ2) is 7.02. The zero-order chi connectivity index (χ0) is 15.4. The zero-order valence-corrected chi connectivity index (χ0v) is 13.6. The molecule has 3 rings (SSSR count). The number of thioether (sulfide) groups is 1. The summed E-state index contributed by atoms with van der Waals surface area (Å²) in [5, 5.41) is 0.275. The molecule has 22 heavy (non-hydrogen) atoms. The molecule has 0 aliphatic carbocycles. The van der Waals surface area contributed by atoms with Gasteiger partial charge in [0.2, 0.25) is 0 Å². The van der Waals surface area contributed by atoms with Gasteiger partial charge in [-0.3, -0.25) is 4.79 Å². The van der Waals surface area contributed by atoms with E-state index in [0.717, 1.165) is 32.5 Å². The first kappa shape index (κ1) is 15.8. The lowest BCUT2D eigenvalue weighted by Crippen LogP contribution is -2.54. The quantitative estimate of drug-likeness (QED) is 0.800. The van der Waals surface area contributed by atoms with Crippen LogP contribution in [0.3, 0.4) is 0 Å². The molecule has 0 radical (unpaired) electrons. The highest BCUT2D eigenvalue weighted by molar-refractivity contribution is 8.00. The van der Waals surface area contributed by atoms with E-state index in [1.54, 1.807) is 0 Å². The smallest absolute Gasteiger partial charge is 0.302 e. The van der Waals surface area contributed by atoms with Crippen molar-refractivity contribution in [2.45, 2.75) is 48.0 Å². The first-order valence-corrected chi connectivity index (χ1v) is 8.66. The maximum atomic E-state index is 11.2. The summed E-state index contributed by atoms with van der Waals surface area (Å²) in [4.78, 5) is 12.5. The standard InChI is InChI=1S/C17H22O4S/c1-13(18)21-14-11-16(22-15-5-3-2-4-6-15)17(20-12-14)7-9-19-10-8-17/h2-6,14,16H,7-12H2,1H3/t14-,16+/m1/s1. The Hall–Kier alpha value is -1.04. The molecule has 5 heteroatoms. The molecule has 120 valence electrons. The normalized spacial score (nSPS) is 27.5. The molecular weight excluding hydrogens is 300 g/mol. The summed E-state index contributed by atoms with van der Waals surface area (Å²) in [7, 11) is 0. The molecule has 2 aliphatic rings. The van der Waals surface area contributed by atoms with Crippen molar-refractivity contribution in [1.29, 1.82) is 0 Å². The van der Waals surface area contributed by atoms with Gasteiger partial charge in [-0.15, -0.1) is 11.8 Å². The Morgan fingerprint density at radius 2 is 2.00 bits per heavy atom. The van der Waals surface area contributed by atoms with Crippen LogP contribution in [-0.2, 0) is 19.0 Å². The molecule has 1 spiro atoms. The molecular formula is C17H22O4S. The average Bonchev–Trinajstić information content (AvgIpc) is 2.52. The minimum Gasteiger partial charge on any atom is -0.460 e. The first-order chi connectivity index (χ1) is 10.7.